The van der Waals surface area contributed by atoms with Crippen LogP contribution in [0.15, 0.2) is 48.5 Å². The van der Waals surface area contributed by atoms with Gasteiger partial charge >= 0.3 is 0 Å². The Kier molecular flexibility index (Phi) is 6.67. The van der Waals surface area contributed by atoms with E-state index in [1.807, 2.05) is 53.4 Å². The number of amides is 1. The Bertz CT molecular complexity index is 707. The number of ether oxygens (including phenoxy) is 2. The van der Waals surface area contributed by atoms with E-state index in [-0.39, 0.29) is 5.91 Å². The Morgan fingerprint density at radius 3 is 2.38 bits per heavy atom. The Morgan fingerprint density at radius 2 is 1.69 bits per heavy atom. The van der Waals surface area contributed by atoms with Crippen molar-refractivity contribution in [2.75, 3.05) is 20.2 Å². The van der Waals surface area contributed by atoms with Crippen LogP contribution in [-0.4, -0.2) is 31.0 Å². The van der Waals surface area contributed by atoms with Crippen molar-refractivity contribution >= 4 is 5.91 Å². The van der Waals surface area contributed by atoms with Crippen molar-refractivity contribution in [2.24, 2.45) is 0 Å². The Hall–Kier alpha value is -2.33. The Labute approximate surface area is 155 Å². The molecular formula is C22H27NO3. The molecule has 0 N–H and O–H groups in total. The van der Waals surface area contributed by atoms with Crippen LogP contribution in [0.25, 0.3) is 0 Å². The molecule has 3 rings (SSSR count). The smallest absolute Gasteiger partial charge is 0.253 e. The Morgan fingerprint density at radius 1 is 0.962 bits per heavy atom. The molecule has 0 spiro atoms. The third kappa shape index (κ3) is 4.85. The number of likely N-dealkylation sites (tertiary alicyclic amines) is 1. The van der Waals surface area contributed by atoms with Gasteiger partial charge in [0, 0.05) is 24.2 Å². The summed E-state index contributed by atoms with van der Waals surface area (Å²) in [4.78, 5) is 14.8. The zero-order valence-electron chi connectivity index (χ0n) is 15.4. The monoisotopic (exact) mass is 353 g/mol. The molecule has 138 valence electrons. The van der Waals surface area contributed by atoms with E-state index in [0.717, 1.165) is 42.8 Å². The highest BCUT2D eigenvalue weighted by molar-refractivity contribution is 5.94. The number of benzene rings is 2. The van der Waals surface area contributed by atoms with Crippen LogP contribution in [0.3, 0.4) is 0 Å². The number of methoxy groups -OCH3 is 1. The van der Waals surface area contributed by atoms with Crippen LogP contribution in [0.4, 0.5) is 0 Å². The second-order valence-electron chi connectivity index (χ2n) is 6.71. The highest BCUT2D eigenvalue weighted by atomic mass is 16.5. The number of hydrogen-bond donors (Lipinski definition) is 0. The van der Waals surface area contributed by atoms with Crippen LogP contribution >= 0.6 is 0 Å². The number of carbonyl (C=O) groups excluding carboxylic acids is 1. The van der Waals surface area contributed by atoms with Crippen LogP contribution in [0.1, 0.15) is 47.2 Å². The van der Waals surface area contributed by atoms with E-state index >= 15 is 0 Å². The van der Waals surface area contributed by atoms with Gasteiger partial charge in [0.1, 0.15) is 5.75 Å². The Balaban J connectivity index is 1.68. The molecule has 1 aliphatic rings. The molecule has 4 heteroatoms. The fourth-order valence-corrected chi connectivity index (χ4v) is 3.33. The normalized spacial score (nSPS) is 14.7. The van der Waals surface area contributed by atoms with E-state index in [1.165, 1.54) is 12.8 Å². The lowest BCUT2D eigenvalue weighted by molar-refractivity contribution is 0.0760. The molecule has 0 bridgehead atoms. The molecule has 0 unspecified atom stereocenters. The second-order valence-corrected chi connectivity index (χ2v) is 6.71. The summed E-state index contributed by atoms with van der Waals surface area (Å²) in [6, 6.07) is 15.7. The molecule has 1 aliphatic heterocycles. The van der Waals surface area contributed by atoms with Crippen molar-refractivity contribution in [2.45, 2.75) is 38.9 Å². The summed E-state index contributed by atoms with van der Waals surface area (Å²) in [6.45, 7) is 2.66. The quantitative estimate of drug-likeness (QED) is 0.771. The van der Waals surface area contributed by atoms with Gasteiger partial charge in [-0.05, 0) is 36.6 Å². The van der Waals surface area contributed by atoms with Gasteiger partial charge in [-0.3, -0.25) is 4.79 Å². The van der Waals surface area contributed by atoms with E-state index in [1.54, 1.807) is 7.11 Å². The molecule has 2 aromatic rings. The number of hydrogen-bond acceptors (Lipinski definition) is 3. The molecular weight excluding hydrogens is 326 g/mol. The summed E-state index contributed by atoms with van der Waals surface area (Å²) >= 11 is 0. The van der Waals surface area contributed by atoms with E-state index in [2.05, 4.69) is 0 Å². The van der Waals surface area contributed by atoms with Gasteiger partial charge in [-0.1, -0.05) is 43.2 Å². The number of rotatable bonds is 6. The van der Waals surface area contributed by atoms with Gasteiger partial charge in [0.15, 0.2) is 0 Å². The fourth-order valence-electron chi connectivity index (χ4n) is 3.33. The molecule has 0 saturated carbocycles. The predicted molar refractivity (Wildman–Crippen MR) is 102 cm³/mol. The van der Waals surface area contributed by atoms with Gasteiger partial charge in [-0.25, -0.2) is 0 Å². The lowest BCUT2D eigenvalue weighted by Crippen LogP contribution is -2.31. The van der Waals surface area contributed by atoms with Crippen LogP contribution in [-0.2, 0) is 18.0 Å². The van der Waals surface area contributed by atoms with E-state index in [9.17, 15) is 4.79 Å². The average Bonchev–Trinajstić information content (AvgIpc) is 2.98. The molecule has 0 aromatic heterocycles. The predicted octanol–water partition coefficient (Wildman–Crippen LogP) is 4.43. The lowest BCUT2D eigenvalue weighted by Gasteiger charge is -2.21. The van der Waals surface area contributed by atoms with Crippen molar-refractivity contribution in [3.8, 4) is 5.75 Å². The largest absolute Gasteiger partial charge is 0.496 e. The highest BCUT2D eigenvalue weighted by Gasteiger charge is 2.18. The van der Waals surface area contributed by atoms with Gasteiger partial charge in [0.25, 0.3) is 5.91 Å². The van der Waals surface area contributed by atoms with Gasteiger partial charge < -0.3 is 14.4 Å². The SMILES string of the molecule is COc1ccc(C(=O)N2CCCCCC2)cc1COCc1ccccc1. The molecule has 1 amide bonds. The summed E-state index contributed by atoms with van der Waals surface area (Å²) in [5.41, 5.74) is 2.75. The maximum absolute atomic E-state index is 12.8. The maximum Gasteiger partial charge on any atom is 0.253 e. The van der Waals surface area contributed by atoms with Crippen LogP contribution in [0.2, 0.25) is 0 Å². The van der Waals surface area contributed by atoms with Crippen molar-refractivity contribution in [1.82, 2.24) is 4.90 Å². The first kappa shape index (κ1) is 18.5. The average molecular weight is 353 g/mol. The van der Waals surface area contributed by atoms with Crippen molar-refractivity contribution in [3.05, 3.63) is 65.2 Å². The first-order chi connectivity index (χ1) is 12.8. The van der Waals surface area contributed by atoms with Gasteiger partial charge in [-0.15, -0.1) is 0 Å². The summed E-state index contributed by atoms with van der Waals surface area (Å²) in [6.07, 6.45) is 4.61. The van der Waals surface area contributed by atoms with Gasteiger partial charge in [0.2, 0.25) is 0 Å². The van der Waals surface area contributed by atoms with Gasteiger partial charge in [-0.2, -0.15) is 0 Å². The fraction of sp³-hybridized carbons (Fsp3) is 0.409. The standard InChI is InChI=1S/C22H27NO3/c1-25-21-12-11-19(22(24)23-13-7-2-3-8-14-23)15-20(21)17-26-16-18-9-5-4-6-10-18/h4-6,9-12,15H,2-3,7-8,13-14,16-17H2,1H3. The van der Waals surface area contributed by atoms with E-state index < -0.39 is 0 Å². The first-order valence-electron chi connectivity index (χ1n) is 9.36. The second kappa shape index (κ2) is 9.39. The molecule has 0 radical (unpaired) electrons. The zero-order valence-corrected chi connectivity index (χ0v) is 15.4. The lowest BCUT2D eigenvalue weighted by atomic mass is 10.1. The molecule has 26 heavy (non-hydrogen) atoms. The third-order valence-electron chi connectivity index (χ3n) is 4.79. The first-order valence-corrected chi connectivity index (χ1v) is 9.36. The third-order valence-corrected chi connectivity index (χ3v) is 4.79. The minimum atomic E-state index is 0.110. The number of carbonyl (C=O) groups is 1. The summed E-state index contributed by atoms with van der Waals surface area (Å²) in [5.74, 6) is 0.865. The molecule has 1 heterocycles. The summed E-state index contributed by atoms with van der Waals surface area (Å²) in [7, 11) is 1.65. The van der Waals surface area contributed by atoms with Crippen molar-refractivity contribution < 1.29 is 14.3 Å². The van der Waals surface area contributed by atoms with Crippen molar-refractivity contribution in [1.29, 1.82) is 0 Å². The molecule has 1 fully saturated rings. The molecule has 2 aromatic carbocycles. The molecule has 0 atom stereocenters. The summed E-state index contributed by atoms with van der Waals surface area (Å²) < 4.78 is 11.3. The van der Waals surface area contributed by atoms with Gasteiger partial charge in [0.05, 0.1) is 20.3 Å². The molecule has 0 aliphatic carbocycles. The van der Waals surface area contributed by atoms with Crippen molar-refractivity contribution in [3.63, 3.8) is 0 Å². The zero-order chi connectivity index (χ0) is 18.2. The topological polar surface area (TPSA) is 38.8 Å². The van der Waals surface area contributed by atoms with E-state index in [4.69, 9.17) is 9.47 Å². The molecule has 1 saturated heterocycles. The van der Waals surface area contributed by atoms with E-state index in [0.29, 0.717) is 18.8 Å². The highest BCUT2D eigenvalue weighted by Crippen LogP contribution is 2.23. The van der Waals surface area contributed by atoms with Crippen LogP contribution < -0.4 is 4.74 Å². The number of nitrogens with zero attached hydrogens (tertiary/aromatic N) is 1. The van der Waals surface area contributed by atoms with Crippen LogP contribution in [0, 0.1) is 0 Å². The summed E-state index contributed by atoms with van der Waals surface area (Å²) in [5, 5.41) is 0. The van der Waals surface area contributed by atoms with Crippen LogP contribution in [0.5, 0.6) is 5.75 Å². The minimum absolute atomic E-state index is 0.110. The maximum atomic E-state index is 12.8. The molecule has 4 nitrogen and oxygen atoms in total. The minimum Gasteiger partial charge on any atom is -0.496 e.